The van der Waals surface area contributed by atoms with Crippen molar-refractivity contribution in [1.82, 2.24) is 4.57 Å². The monoisotopic (exact) mass is 341 g/mol. The van der Waals surface area contributed by atoms with E-state index in [0.717, 1.165) is 17.7 Å². The lowest BCUT2D eigenvalue weighted by Gasteiger charge is -2.09. The molecule has 0 amide bonds. The zero-order chi connectivity index (χ0) is 17.2. The Morgan fingerprint density at radius 3 is 2.17 bits per heavy atom. The molecule has 3 rings (SSSR count). The summed E-state index contributed by atoms with van der Waals surface area (Å²) in [5, 5.41) is 0. The van der Waals surface area contributed by atoms with Gasteiger partial charge in [0.25, 0.3) is 0 Å². The molecule has 3 aromatic rings. The SMILES string of the molecule is Cc1ccc(S(=O)(=O)Oc2ccc(Cn3cccc3C)cc2)cc1. The summed E-state index contributed by atoms with van der Waals surface area (Å²) in [6.07, 6.45) is 2.02. The van der Waals surface area contributed by atoms with Crippen molar-refractivity contribution in [3.8, 4) is 5.75 Å². The third-order valence-electron chi connectivity index (χ3n) is 3.85. The Hall–Kier alpha value is -2.53. The van der Waals surface area contributed by atoms with Gasteiger partial charge in [-0.3, -0.25) is 0 Å². The lowest BCUT2D eigenvalue weighted by molar-refractivity contribution is 0.486. The number of nitrogens with zero attached hydrogens (tertiary/aromatic N) is 1. The van der Waals surface area contributed by atoms with Crippen LogP contribution in [0.25, 0.3) is 0 Å². The fourth-order valence-electron chi connectivity index (χ4n) is 2.40. The summed E-state index contributed by atoms with van der Waals surface area (Å²) in [5.74, 6) is 0.309. The van der Waals surface area contributed by atoms with E-state index in [-0.39, 0.29) is 4.90 Å². The van der Waals surface area contributed by atoms with Crippen LogP contribution in [0.2, 0.25) is 0 Å². The van der Waals surface area contributed by atoms with Crippen LogP contribution in [0.4, 0.5) is 0 Å². The summed E-state index contributed by atoms with van der Waals surface area (Å²) >= 11 is 0. The van der Waals surface area contributed by atoms with Crippen LogP contribution in [0.15, 0.2) is 71.8 Å². The summed E-state index contributed by atoms with van der Waals surface area (Å²) in [6.45, 7) is 4.69. The topological polar surface area (TPSA) is 48.3 Å². The maximum atomic E-state index is 12.3. The second-order valence-electron chi connectivity index (χ2n) is 5.77. The summed E-state index contributed by atoms with van der Waals surface area (Å²) in [7, 11) is -3.80. The minimum Gasteiger partial charge on any atom is -0.379 e. The fourth-order valence-corrected chi connectivity index (χ4v) is 3.33. The molecule has 5 heteroatoms. The molecule has 0 saturated heterocycles. The van der Waals surface area contributed by atoms with Gasteiger partial charge < -0.3 is 8.75 Å². The molecule has 1 heterocycles. The summed E-state index contributed by atoms with van der Waals surface area (Å²) in [5.41, 5.74) is 3.25. The number of rotatable bonds is 5. The van der Waals surface area contributed by atoms with Crippen molar-refractivity contribution in [2.75, 3.05) is 0 Å². The molecular weight excluding hydrogens is 322 g/mol. The first-order valence-electron chi connectivity index (χ1n) is 7.66. The van der Waals surface area contributed by atoms with Gasteiger partial charge in [0.2, 0.25) is 0 Å². The van der Waals surface area contributed by atoms with Gasteiger partial charge in [0.05, 0.1) is 0 Å². The van der Waals surface area contributed by atoms with Crippen molar-refractivity contribution >= 4 is 10.1 Å². The first kappa shape index (κ1) is 16.3. The smallest absolute Gasteiger partial charge is 0.339 e. The molecule has 0 atom stereocenters. The van der Waals surface area contributed by atoms with E-state index in [9.17, 15) is 8.42 Å². The van der Waals surface area contributed by atoms with Crippen LogP contribution < -0.4 is 4.18 Å². The highest BCUT2D eigenvalue weighted by atomic mass is 32.2. The normalized spacial score (nSPS) is 11.4. The van der Waals surface area contributed by atoms with Crippen molar-refractivity contribution in [2.24, 2.45) is 0 Å². The van der Waals surface area contributed by atoms with Crippen molar-refractivity contribution in [3.05, 3.63) is 83.7 Å². The largest absolute Gasteiger partial charge is 0.379 e. The predicted octanol–water partition coefficient (Wildman–Crippen LogP) is 3.92. The number of aryl methyl sites for hydroxylation is 2. The van der Waals surface area contributed by atoms with Gasteiger partial charge in [0, 0.05) is 18.4 Å². The second-order valence-corrected chi connectivity index (χ2v) is 7.32. The standard InChI is InChI=1S/C19H19NO3S/c1-15-5-11-19(12-6-15)24(21,22)23-18-9-7-17(8-10-18)14-20-13-3-4-16(20)2/h3-13H,14H2,1-2H3. The van der Waals surface area contributed by atoms with Gasteiger partial charge in [0.1, 0.15) is 10.6 Å². The molecule has 0 unspecified atom stereocenters. The zero-order valence-electron chi connectivity index (χ0n) is 13.6. The van der Waals surface area contributed by atoms with Crippen molar-refractivity contribution in [2.45, 2.75) is 25.3 Å². The first-order valence-corrected chi connectivity index (χ1v) is 9.07. The number of benzene rings is 2. The highest BCUT2D eigenvalue weighted by molar-refractivity contribution is 7.87. The molecule has 0 N–H and O–H groups in total. The van der Waals surface area contributed by atoms with E-state index in [1.54, 1.807) is 36.4 Å². The Morgan fingerprint density at radius 1 is 0.917 bits per heavy atom. The van der Waals surface area contributed by atoms with E-state index in [0.29, 0.717) is 5.75 Å². The fraction of sp³-hybridized carbons (Fsp3) is 0.158. The average Bonchev–Trinajstić information content (AvgIpc) is 2.94. The molecule has 1 aromatic heterocycles. The minimum atomic E-state index is -3.80. The van der Waals surface area contributed by atoms with Gasteiger partial charge >= 0.3 is 10.1 Å². The molecule has 0 radical (unpaired) electrons. The predicted molar refractivity (Wildman–Crippen MR) is 93.7 cm³/mol. The van der Waals surface area contributed by atoms with Gasteiger partial charge in [-0.2, -0.15) is 8.42 Å². The quantitative estimate of drug-likeness (QED) is 0.661. The molecule has 24 heavy (non-hydrogen) atoms. The number of hydrogen-bond donors (Lipinski definition) is 0. The number of aromatic nitrogens is 1. The third kappa shape index (κ3) is 3.68. The summed E-state index contributed by atoms with van der Waals surface area (Å²) < 4.78 is 31.9. The van der Waals surface area contributed by atoms with Crippen molar-refractivity contribution in [3.63, 3.8) is 0 Å². The Kier molecular flexibility index (Phi) is 4.44. The van der Waals surface area contributed by atoms with E-state index in [1.807, 2.05) is 44.3 Å². The van der Waals surface area contributed by atoms with Crippen LogP contribution in [0.5, 0.6) is 5.75 Å². The Balaban J connectivity index is 1.74. The maximum absolute atomic E-state index is 12.3. The van der Waals surface area contributed by atoms with E-state index >= 15 is 0 Å². The Morgan fingerprint density at radius 2 is 1.58 bits per heavy atom. The molecule has 124 valence electrons. The summed E-state index contributed by atoms with van der Waals surface area (Å²) in [4.78, 5) is 0.153. The highest BCUT2D eigenvalue weighted by Gasteiger charge is 2.16. The average molecular weight is 341 g/mol. The third-order valence-corrected chi connectivity index (χ3v) is 5.11. The van der Waals surface area contributed by atoms with Crippen LogP contribution in [0.3, 0.4) is 0 Å². The van der Waals surface area contributed by atoms with E-state index in [1.165, 1.54) is 5.69 Å². The molecule has 4 nitrogen and oxygen atoms in total. The molecule has 0 fully saturated rings. The van der Waals surface area contributed by atoms with Gasteiger partial charge in [-0.25, -0.2) is 0 Å². The molecule has 2 aromatic carbocycles. The van der Waals surface area contributed by atoms with Gasteiger partial charge in [-0.1, -0.05) is 29.8 Å². The molecule has 0 bridgehead atoms. The molecule has 0 spiro atoms. The van der Waals surface area contributed by atoms with Crippen LogP contribution >= 0.6 is 0 Å². The minimum absolute atomic E-state index is 0.153. The van der Waals surface area contributed by atoms with Crippen LogP contribution in [0.1, 0.15) is 16.8 Å². The van der Waals surface area contributed by atoms with E-state index in [2.05, 4.69) is 4.57 Å². The van der Waals surface area contributed by atoms with Crippen LogP contribution in [-0.2, 0) is 16.7 Å². The summed E-state index contributed by atoms with van der Waals surface area (Å²) in [6, 6.07) is 17.8. The lowest BCUT2D eigenvalue weighted by Crippen LogP contribution is -2.09. The zero-order valence-corrected chi connectivity index (χ0v) is 14.5. The molecule has 0 aliphatic rings. The Labute approximate surface area is 142 Å². The number of hydrogen-bond acceptors (Lipinski definition) is 3. The van der Waals surface area contributed by atoms with E-state index < -0.39 is 10.1 Å². The second kappa shape index (κ2) is 6.53. The van der Waals surface area contributed by atoms with Gasteiger partial charge in [-0.05, 0) is 55.8 Å². The Bertz CT molecular complexity index is 924. The lowest BCUT2D eigenvalue weighted by atomic mass is 10.2. The molecule has 0 aliphatic heterocycles. The molecule has 0 aliphatic carbocycles. The molecule has 0 saturated carbocycles. The van der Waals surface area contributed by atoms with Gasteiger partial charge in [-0.15, -0.1) is 0 Å². The highest BCUT2D eigenvalue weighted by Crippen LogP contribution is 2.20. The maximum Gasteiger partial charge on any atom is 0.339 e. The van der Waals surface area contributed by atoms with Crippen molar-refractivity contribution < 1.29 is 12.6 Å². The molecular formula is C19H19NO3S. The van der Waals surface area contributed by atoms with E-state index in [4.69, 9.17) is 4.18 Å². The first-order chi connectivity index (χ1) is 11.4. The van der Waals surface area contributed by atoms with Gasteiger partial charge in [0.15, 0.2) is 0 Å². The van der Waals surface area contributed by atoms with Crippen LogP contribution in [-0.4, -0.2) is 13.0 Å². The van der Waals surface area contributed by atoms with Crippen LogP contribution in [0, 0.1) is 13.8 Å². The van der Waals surface area contributed by atoms with Crippen molar-refractivity contribution in [1.29, 1.82) is 0 Å².